The Morgan fingerprint density at radius 2 is 1.08 bits per heavy atom. The Hall–Kier alpha value is -4.96. The molecular formula is C33H23N3O. The zero-order valence-corrected chi connectivity index (χ0v) is 20.0. The minimum atomic E-state index is -0.431. The topological polar surface area (TPSA) is 49.9 Å². The van der Waals surface area contributed by atoms with Crippen molar-refractivity contribution in [2.45, 2.75) is 6.17 Å². The molecule has 0 saturated carbocycles. The van der Waals surface area contributed by atoms with E-state index in [9.17, 15) is 0 Å². The Kier molecular flexibility index (Phi) is 5.14. The van der Waals surface area contributed by atoms with Crippen LogP contribution >= 0.6 is 0 Å². The van der Waals surface area contributed by atoms with E-state index in [2.05, 4.69) is 78.1 Å². The number of para-hydroxylation sites is 1. The van der Waals surface area contributed by atoms with Gasteiger partial charge in [-0.05, 0) is 11.6 Å². The van der Waals surface area contributed by atoms with E-state index in [1.807, 2.05) is 54.6 Å². The SMILES string of the molecule is c1ccc(C2=NC(c3ccc(-c4ccccc4)c4oc5ccccc5c34)N=C(c3ccccc3)N2)cc1. The van der Waals surface area contributed by atoms with Gasteiger partial charge in [-0.1, -0.05) is 121 Å². The van der Waals surface area contributed by atoms with E-state index < -0.39 is 6.17 Å². The average molecular weight is 478 g/mol. The summed E-state index contributed by atoms with van der Waals surface area (Å²) in [5.41, 5.74) is 6.94. The molecule has 0 bridgehead atoms. The van der Waals surface area contributed by atoms with Crippen molar-refractivity contribution in [1.82, 2.24) is 5.32 Å². The second-order valence-corrected chi connectivity index (χ2v) is 9.06. The molecule has 4 nitrogen and oxygen atoms in total. The van der Waals surface area contributed by atoms with Crippen molar-refractivity contribution in [2.75, 3.05) is 0 Å². The van der Waals surface area contributed by atoms with Gasteiger partial charge in [-0.3, -0.25) is 0 Å². The highest BCUT2D eigenvalue weighted by atomic mass is 16.3. The third-order valence-corrected chi connectivity index (χ3v) is 6.76. The zero-order valence-electron chi connectivity index (χ0n) is 20.0. The molecule has 0 radical (unpaired) electrons. The second kappa shape index (κ2) is 8.92. The summed E-state index contributed by atoms with van der Waals surface area (Å²) in [7, 11) is 0. The molecule has 0 atom stereocenters. The van der Waals surface area contributed by atoms with Gasteiger partial charge in [0.15, 0.2) is 6.17 Å². The Bertz CT molecular complexity index is 1730. The first-order valence-corrected chi connectivity index (χ1v) is 12.4. The molecule has 37 heavy (non-hydrogen) atoms. The van der Waals surface area contributed by atoms with Gasteiger partial charge < -0.3 is 9.73 Å². The van der Waals surface area contributed by atoms with Crippen LogP contribution in [0, 0.1) is 0 Å². The molecule has 4 heteroatoms. The fourth-order valence-corrected chi connectivity index (χ4v) is 4.99. The van der Waals surface area contributed by atoms with E-state index in [0.717, 1.165) is 61.4 Å². The number of furan rings is 1. The minimum Gasteiger partial charge on any atom is -0.455 e. The maximum Gasteiger partial charge on any atom is 0.170 e. The first kappa shape index (κ1) is 21.3. The molecule has 5 aromatic carbocycles. The maximum atomic E-state index is 6.48. The van der Waals surface area contributed by atoms with E-state index >= 15 is 0 Å². The molecule has 0 unspecified atom stereocenters. The Morgan fingerprint density at radius 3 is 1.70 bits per heavy atom. The highest BCUT2D eigenvalue weighted by molar-refractivity contribution is 6.16. The largest absolute Gasteiger partial charge is 0.455 e. The predicted molar refractivity (Wildman–Crippen MR) is 151 cm³/mol. The van der Waals surface area contributed by atoms with Gasteiger partial charge in [0.1, 0.15) is 22.8 Å². The quantitative estimate of drug-likeness (QED) is 0.282. The second-order valence-electron chi connectivity index (χ2n) is 9.06. The number of fused-ring (bicyclic) bond motifs is 3. The van der Waals surface area contributed by atoms with Crippen LogP contribution in [0.2, 0.25) is 0 Å². The lowest BCUT2D eigenvalue weighted by Gasteiger charge is -2.23. The molecule has 1 N–H and O–H groups in total. The first-order chi connectivity index (χ1) is 18.3. The number of nitrogens with zero attached hydrogens (tertiary/aromatic N) is 2. The Morgan fingerprint density at radius 1 is 0.541 bits per heavy atom. The fraction of sp³-hybridized carbons (Fsp3) is 0.0303. The summed E-state index contributed by atoms with van der Waals surface area (Å²) >= 11 is 0. The van der Waals surface area contributed by atoms with E-state index in [-0.39, 0.29) is 0 Å². The van der Waals surface area contributed by atoms with Gasteiger partial charge in [0.2, 0.25) is 0 Å². The molecule has 176 valence electrons. The lowest BCUT2D eigenvalue weighted by Crippen LogP contribution is -2.36. The number of benzene rings is 5. The van der Waals surface area contributed by atoms with Gasteiger partial charge in [-0.2, -0.15) is 0 Å². The molecule has 2 heterocycles. The molecule has 0 saturated heterocycles. The van der Waals surface area contributed by atoms with Crippen LogP contribution in [0.25, 0.3) is 33.1 Å². The van der Waals surface area contributed by atoms with Crippen LogP contribution in [-0.2, 0) is 0 Å². The van der Waals surface area contributed by atoms with Crippen molar-refractivity contribution in [3.8, 4) is 11.1 Å². The number of rotatable bonds is 4. The molecule has 0 fully saturated rings. The van der Waals surface area contributed by atoms with Gasteiger partial charge in [0.05, 0.1) is 0 Å². The Labute approximate surface area is 214 Å². The first-order valence-electron chi connectivity index (χ1n) is 12.4. The number of hydrogen-bond donors (Lipinski definition) is 1. The van der Waals surface area contributed by atoms with Crippen molar-refractivity contribution in [3.05, 3.63) is 144 Å². The summed E-state index contributed by atoms with van der Waals surface area (Å²) in [4.78, 5) is 10.2. The third kappa shape index (κ3) is 3.80. The van der Waals surface area contributed by atoms with Crippen molar-refractivity contribution >= 4 is 33.6 Å². The van der Waals surface area contributed by atoms with E-state index in [0.29, 0.717) is 0 Å². The van der Waals surface area contributed by atoms with Crippen molar-refractivity contribution < 1.29 is 4.42 Å². The molecule has 1 aliphatic rings. The summed E-state index contributed by atoms with van der Waals surface area (Å²) in [5.74, 6) is 1.60. The monoisotopic (exact) mass is 477 g/mol. The summed E-state index contributed by atoms with van der Waals surface area (Å²) in [6.45, 7) is 0. The van der Waals surface area contributed by atoms with Gasteiger partial charge in [0, 0.05) is 33.0 Å². The normalized spacial score (nSPS) is 13.8. The average Bonchev–Trinajstić information content (AvgIpc) is 3.38. The van der Waals surface area contributed by atoms with E-state index in [4.69, 9.17) is 14.4 Å². The van der Waals surface area contributed by atoms with Gasteiger partial charge in [-0.15, -0.1) is 0 Å². The van der Waals surface area contributed by atoms with Gasteiger partial charge in [-0.25, -0.2) is 9.98 Å². The van der Waals surface area contributed by atoms with Crippen molar-refractivity contribution in [3.63, 3.8) is 0 Å². The standard InChI is InChI=1S/C33H23N3O/c1-4-12-22(13-5-1)25-20-21-27(29-26-18-10-11-19-28(26)37-30(25)29)33-35-31(23-14-6-2-7-15-23)34-32(36-33)24-16-8-3-9-17-24/h1-21,33H,(H,34,35,36). The van der Waals surface area contributed by atoms with E-state index in [1.54, 1.807) is 0 Å². The number of hydrogen-bond acceptors (Lipinski definition) is 4. The zero-order chi connectivity index (χ0) is 24.6. The minimum absolute atomic E-state index is 0.431. The van der Waals surface area contributed by atoms with Crippen LogP contribution in [0.15, 0.2) is 142 Å². The van der Waals surface area contributed by atoms with Gasteiger partial charge >= 0.3 is 0 Å². The Balaban J connectivity index is 1.48. The molecule has 0 aliphatic carbocycles. The number of nitrogens with one attached hydrogen (secondary N) is 1. The molecule has 0 amide bonds. The summed E-state index contributed by atoms with van der Waals surface area (Å²) < 4.78 is 6.48. The summed E-state index contributed by atoms with van der Waals surface area (Å²) in [5, 5.41) is 5.60. The van der Waals surface area contributed by atoms with Crippen LogP contribution in [-0.4, -0.2) is 11.7 Å². The van der Waals surface area contributed by atoms with Crippen molar-refractivity contribution in [2.24, 2.45) is 9.98 Å². The molecule has 1 aromatic heterocycles. The van der Waals surface area contributed by atoms with Crippen molar-refractivity contribution in [1.29, 1.82) is 0 Å². The lowest BCUT2D eigenvalue weighted by atomic mass is 9.97. The number of aliphatic imine (C=N–C) groups is 2. The molecule has 1 aliphatic heterocycles. The smallest absolute Gasteiger partial charge is 0.170 e. The molecule has 6 aromatic rings. The van der Waals surface area contributed by atoms with Crippen LogP contribution in [0.5, 0.6) is 0 Å². The van der Waals surface area contributed by atoms with Crippen LogP contribution in [0.1, 0.15) is 22.9 Å². The maximum absolute atomic E-state index is 6.48. The highest BCUT2D eigenvalue weighted by Crippen LogP contribution is 2.41. The summed E-state index contributed by atoms with van der Waals surface area (Å²) in [6.07, 6.45) is -0.431. The summed E-state index contributed by atoms with van der Waals surface area (Å²) in [6, 6.07) is 43.3. The van der Waals surface area contributed by atoms with Gasteiger partial charge in [0.25, 0.3) is 0 Å². The van der Waals surface area contributed by atoms with E-state index in [1.165, 1.54) is 0 Å². The van der Waals surface area contributed by atoms with Crippen LogP contribution in [0.4, 0.5) is 0 Å². The lowest BCUT2D eigenvalue weighted by molar-refractivity contribution is 0.668. The molecule has 0 spiro atoms. The predicted octanol–water partition coefficient (Wildman–Crippen LogP) is 7.75. The number of amidine groups is 2. The van der Waals surface area contributed by atoms with Crippen LogP contribution in [0.3, 0.4) is 0 Å². The molecule has 7 rings (SSSR count). The third-order valence-electron chi connectivity index (χ3n) is 6.76. The van der Waals surface area contributed by atoms with Crippen LogP contribution < -0.4 is 5.32 Å². The highest BCUT2D eigenvalue weighted by Gasteiger charge is 2.25. The molecular weight excluding hydrogens is 454 g/mol. The fourth-order valence-electron chi connectivity index (χ4n) is 4.99.